The zero-order valence-electron chi connectivity index (χ0n) is 18.7. The van der Waals surface area contributed by atoms with Crippen molar-refractivity contribution >= 4 is 46.1 Å². The van der Waals surface area contributed by atoms with Gasteiger partial charge in [0.15, 0.2) is 0 Å². The monoisotopic (exact) mass is 449 g/mol. The Morgan fingerprint density at radius 2 is 1.91 bits per heavy atom. The number of hydrogen-bond acceptors (Lipinski definition) is 5. The first-order valence-electron chi connectivity index (χ1n) is 10.9. The molecule has 166 valence electrons. The Morgan fingerprint density at radius 1 is 1.12 bits per heavy atom. The number of halogens is 1. The maximum absolute atomic E-state index is 12.4. The van der Waals surface area contributed by atoms with Crippen LogP contribution in [0.2, 0.25) is 5.02 Å². The first kappa shape index (κ1) is 22.2. The number of piperazine rings is 1. The van der Waals surface area contributed by atoms with Crippen LogP contribution in [0.15, 0.2) is 42.5 Å². The molecule has 1 aliphatic heterocycles. The molecule has 0 aliphatic carbocycles. The summed E-state index contributed by atoms with van der Waals surface area (Å²) in [5.41, 5.74) is 4.47. The van der Waals surface area contributed by atoms with Crippen LogP contribution in [0.4, 0.5) is 11.6 Å². The first-order chi connectivity index (χ1) is 15.4. The van der Waals surface area contributed by atoms with Gasteiger partial charge in [0, 0.05) is 48.4 Å². The molecule has 2 aromatic carbocycles. The van der Waals surface area contributed by atoms with Crippen LogP contribution < -0.4 is 10.2 Å². The Hall–Kier alpha value is -2.96. The average molecular weight is 450 g/mol. The SMILES string of the molecule is CCc1ccc(/C=C/C(=O)Nc2ccc3nc(N4CCN(C)CC4)nc(C)c3c2)c(Cl)c1. The summed E-state index contributed by atoms with van der Waals surface area (Å²) in [5.74, 6) is 0.557. The van der Waals surface area contributed by atoms with E-state index in [-0.39, 0.29) is 5.91 Å². The van der Waals surface area contributed by atoms with E-state index in [1.54, 1.807) is 6.08 Å². The minimum Gasteiger partial charge on any atom is -0.338 e. The van der Waals surface area contributed by atoms with Gasteiger partial charge in [-0.25, -0.2) is 9.97 Å². The van der Waals surface area contributed by atoms with Crippen LogP contribution in [0.25, 0.3) is 17.0 Å². The topological polar surface area (TPSA) is 61.4 Å². The highest BCUT2D eigenvalue weighted by atomic mass is 35.5. The summed E-state index contributed by atoms with van der Waals surface area (Å²) < 4.78 is 0. The standard InChI is InChI=1S/C25H28ClN5O/c1-4-18-5-6-19(22(26)15-18)7-10-24(32)28-20-8-9-23-21(16-20)17(2)27-25(29-23)31-13-11-30(3)12-14-31/h5-10,15-16H,4,11-14H2,1-3H3,(H,28,32)/b10-7+. The lowest BCUT2D eigenvalue weighted by Gasteiger charge is -2.32. The van der Waals surface area contributed by atoms with Crippen LogP contribution in [0.5, 0.6) is 0 Å². The summed E-state index contributed by atoms with van der Waals surface area (Å²) in [6.07, 6.45) is 4.15. The number of nitrogens with one attached hydrogen (secondary N) is 1. The number of hydrogen-bond donors (Lipinski definition) is 1. The van der Waals surface area contributed by atoms with E-state index in [0.29, 0.717) is 10.7 Å². The van der Waals surface area contributed by atoms with Crippen LogP contribution in [-0.4, -0.2) is 54.0 Å². The lowest BCUT2D eigenvalue weighted by atomic mass is 10.1. The number of carbonyl (C=O) groups excluding carboxylic acids is 1. The van der Waals surface area contributed by atoms with Gasteiger partial charge in [-0.1, -0.05) is 30.7 Å². The summed E-state index contributed by atoms with van der Waals surface area (Å²) >= 11 is 6.31. The molecule has 3 aromatic rings. The van der Waals surface area contributed by atoms with Crippen LogP contribution >= 0.6 is 11.6 Å². The number of aromatic nitrogens is 2. The van der Waals surface area contributed by atoms with E-state index < -0.39 is 0 Å². The van der Waals surface area contributed by atoms with E-state index in [1.165, 1.54) is 11.6 Å². The van der Waals surface area contributed by atoms with Crippen molar-refractivity contribution in [2.75, 3.05) is 43.4 Å². The van der Waals surface area contributed by atoms with Crippen LogP contribution in [0.3, 0.4) is 0 Å². The molecule has 4 rings (SSSR count). The van der Waals surface area contributed by atoms with E-state index in [2.05, 4.69) is 29.1 Å². The highest BCUT2D eigenvalue weighted by Gasteiger charge is 2.17. The van der Waals surface area contributed by atoms with Gasteiger partial charge in [-0.05, 0) is 61.9 Å². The third-order valence-corrected chi connectivity index (χ3v) is 6.14. The third-order valence-electron chi connectivity index (χ3n) is 5.82. The highest BCUT2D eigenvalue weighted by Crippen LogP contribution is 2.24. The van der Waals surface area contributed by atoms with Crippen molar-refractivity contribution in [2.24, 2.45) is 0 Å². The zero-order valence-corrected chi connectivity index (χ0v) is 19.5. The largest absolute Gasteiger partial charge is 0.338 e. The van der Waals surface area contributed by atoms with Crippen molar-refractivity contribution < 1.29 is 4.79 Å². The molecule has 7 heteroatoms. The van der Waals surface area contributed by atoms with Gasteiger partial charge in [0.25, 0.3) is 0 Å². The maximum atomic E-state index is 12.4. The Kier molecular flexibility index (Phi) is 6.72. The van der Waals surface area contributed by atoms with Gasteiger partial charge in [0.05, 0.1) is 11.2 Å². The Labute approximate surface area is 193 Å². The normalized spacial score (nSPS) is 14.9. The van der Waals surface area contributed by atoms with Gasteiger partial charge < -0.3 is 15.1 Å². The molecule has 0 spiro atoms. The lowest BCUT2D eigenvalue weighted by molar-refractivity contribution is -0.111. The maximum Gasteiger partial charge on any atom is 0.248 e. The average Bonchev–Trinajstić information content (AvgIpc) is 2.79. The van der Waals surface area contributed by atoms with Gasteiger partial charge in [0.1, 0.15) is 0 Å². The number of fused-ring (bicyclic) bond motifs is 1. The van der Waals surface area contributed by atoms with Gasteiger partial charge >= 0.3 is 0 Å². The number of carbonyl (C=O) groups is 1. The van der Waals surface area contributed by atoms with Crippen LogP contribution in [-0.2, 0) is 11.2 Å². The highest BCUT2D eigenvalue weighted by molar-refractivity contribution is 6.32. The molecular weight excluding hydrogens is 422 g/mol. The van der Waals surface area contributed by atoms with E-state index in [4.69, 9.17) is 21.6 Å². The van der Waals surface area contributed by atoms with Crippen molar-refractivity contribution in [1.82, 2.24) is 14.9 Å². The second-order valence-electron chi connectivity index (χ2n) is 8.16. The number of rotatable bonds is 5. The minimum absolute atomic E-state index is 0.215. The molecule has 0 atom stereocenters. The lowest BCUT2D eigenvalue weighted by Crippen LogP contribution is -2.45. The van der Waals surface area contributed by atoms with Crippen molar-refractivity contribution in [3.8, 4) is 0 Å². The fourth-order valence-electron chi connectivity index (χ4n) is 3.77. The Bertz CT molecular complexity index is 1170. The molecule has 1 amide bonds. The fourth-order valence-corrected chi connectivity index (χ4v) is 4.03. The molecule has 1 N–H and O–H groups in total. The van der Waals surface area contributed by atoms with Crippen molar-refractivity contribution in [3.63, 3.8) is 0 Å². The number of nitrogens with zero attached hydrogens (tertiary/aromatic N) is 4. The molecule has 0 bridgehead atoms. The smallest absolute Gasteiger partial charge is 0.248 e. The van der Waals surface area contributed by atoms with E-state index in [0.717, 1.165) is 60.7 Å². The molecule has 0 saturated carbocycles. The van der Waals surface area contributed by atoms with Crippen LogP contribution in [0.1, 0.15) is 23.7 Å². The molecular formula is C25H28ClN5O. The van der Waals surface area contributed by atoms with E-state index in [9.17, 15) is 4.79 Å². The van der Waals surface area contributed by atoms with E-state index in [1.807, 2.05) is 43.3 Å². The number of benzene rings is 2. The summed E-state index contributed by atoms with van der Waals surface area (Å²) in [6, 6.07) is 11.6. The molecule has 1 aliphatic rings. The summed E-state index contributed by atoms with van der Waals surface area (Å²) in [7, 11) is 2.13. The minimum atomic E-state index is -0.215. The first-order valence-corrected chi connectivity index (χ1v) is 11.3. The fraction of sp³-hybridized carbons (Fsp3) is 0.320. The number of anilines is 2. The second-order valence-corrected chi connectivity index (χ2v) is 8.57. The van der Waals surface area contributed by atoms with Crippen LogP contribution in [0, 0.1) is 6.92 Å². The summed E-state index contributed by atoms with van der Waals surface area (Å²) in [5, 5.41) is 4.49. The quantitative estimate of drug-likeness (QED) is 0.578. The predicted octanol–water partition coefficient (Wildman–Crippen LogP) is 4.56. The molecule has 0 unspecified atom stereocenters. The van der Waals surface area contributed by atoms with Gasteiger partial charge in [0.2, 0.25) is 11.9 Å². The third kappa shape index (κ3) is 5.09. The van der Waals surface area contributed by atoms with Crippen molar-refractivity contribution in [1.29, 1.82) is 0 Å². The Balaban J connectivity index is 1.48. The van der Waals surface area contributed by atoms with Gasteiger partial charge in [-0.15, -0.1) is 0 Å². The van der Waals surface area contributed by atoms with Crippen molar-refractivity contribution in [3.05, 3.63) is 64.3 Å². The summed E-state index contributed by atoms with van der Waals surface area (Å²) in [4.78, 5) is 26.5. The molecule has 1 aromatic heterocycles. The molecule has 1 saturated heterocycles. The second kappa shape index (κ2) is 9.67. The molecule has 1 fully saturated rings. The number of aryl methyl sites for hydroxylation is 2. The van der Waals surface area contributed by atoms with Gasteiger partial charge in [-0.3, -0.25) is 4.79 Å². The predicted molar refractivity (Wildman–Crippen MR) is 132 cm³/mol. The molecule has 32 heavy (non-hydrogen) atoms. The zero-order chi connectivity index (χ0) is 22.7. The molecule has 2 heterocycles. The number of amides is 1. The summed E-state index contributed by atoms with van der Waals surface area (Å²) in [6.45, 7) is 7.93. The van der Waals surface area contributed by atoms with Gasteiger partial charge in [-0.2, -0.15) is 0 Å². The van der Waals surface area contributed by atoms with E-state index >= 15 is 0 Å². The molecule has 6 nitrogen and oxygen atoms in total. The number of likely N-dealkylation sites (N-methyl/N-ethyl adjacent to an activating group) is 1. The molecule has 0 radical (unpaired) electrons. The van der Waals surface area contributed by atoms with Crippen molar-refractivity contribution in [2.45, 2.75) is 20.3 Å². The Morgan fingerprint density at radius 3 is 2.62 bits per heavy atom.